The van der Waals surface area contributed by atoms with E-state index in [4.69, 9.17) is 0 Å². The Bertz CT molecular complexity index is 853. The molecule has 0 bridgehead atoms. The zero-order valence-electron chi connectivity index (χ0n) is 19.1. The standard InChI is InChI=1S/C23H34N4O2S/c1-14(2)19(24-18(28)12-16(4)13-23(5,6)7)20(29)25-22-27-26-21(30-22)17-10-8-15(3)9-11-17/h8-11,14,16,19H,12-13H2,1-7H3,(H,24,28)(H,25,27,29)/t16-,19-/m1/s1. The monoisotopic (exact) mass is 430 g/mol. The molecular formula is C23H34N4O2S. The third kappa shape index (κ3) is 7.52. The molecule has 1 aromatic heterocycles. The van der Waals surface area contributed by atoms with Crippen molar-refractivity contribution in [2.24, 2.45) is 17.3 Å². The molecule has 1 heterocycles. The van der Waals surface area contributed by atoms with Gasteiger partial charge in [-0.25, -0.2) is 0 Å². The van der Waals surface area contributed by atoms with Gasteiger partial charge in [-0.15, -0.1) is 10.2 Å². The van der Waals surface area contributed by atoms with Gasteiger partial charge in [-0.1, -0.05) is 82.7 Å². The van der Waals surface area contributed by atoms with Gasteiger partial charge in [0.1, 0.15) is 11.0 Å². The molecule has 0 spiro atoms. The first-order chi connectivity index (χ1) is 13.9. The molecule has 0 aliphatic carbocycles. The van der Waals surface area contributed by atoms with Gasteiger partial charge in [0.15, 0.2) is 0 Å². The number of rotatable bonds is 8. The number of anilines is 1. The van der Waals surface area contributed by atoms with Gasteiger partial charge in [0.25, 0.3) is 0 Å². The predicted octanol–water partition coefficient (Wildman–Crippen LogP) is 5.06. The Morgan fingerprint density at radius 3 is 2.27 bits per heavy atom. The third-order valence-corrected chi connectivity index (χ3v) is 5.60. The van der Waals surface area contributed by atoms with Crippen molar-refractivity contribution in [1.29, 1.82) is 0 Å². The Labute approximate surface area is 183 Å². The van der Waals surface area contributed by atoms with Crippen LogP contribution in [0.2, 0.25) is 0 Å². The molecule has 0 unspecified atom stereocenters. The highest BCUT2D eigenvalue weighted by Gasteiger charge is 2.26. The lowest BCUT2D eigenvalue weighted by atomic mass is 9.84. The molecule has 0 aliphatic heterocycles. The minimum Gasteiger partial charge on any atom is -0.344 e. The van der Waals surface area contributed by atoms with Crippen LogP contribution >= 0.6 is 11.3 Å². The summed E-state index contributed by atoms with van der Waals surface area (Å²) >= 11 is 1.32. The maximum Gasteiger partial charge on any atom is 0.249 e. The number of aromatic nitrogens is 2. The van der Waals surface area contributed by atoms with Crippen molar-refractivity contribution >= 4 is 28.3 Å². The van der Waals surface area contributed by atoms with E-state index >= 15 is 0 Å². The number of hydrogen-bond donors (Lipinski definition) is 2. The smallest absolute Gasteiger partial charge is 0.249 e. The first-order valence-electron chi connectivity index (χ1n) is 10.5. The molecule has 2 N–H and O–H groups in total. The lowest BCUT2D eigenvalue weighted by molar-refractivity contribution is -0.128. The van der Waals surface area contributed by atoms with Gasteiger partial charge < -0.3 is 5.32 Å². The van der Waals surface area contributed by atoms with Crippen LogP contribution in [0.4, 0.5) is 5.13 Å². The molecule has 2 amide bonds. The molecule has 30 heavy (non-hydrogen) atoms. The molecule has 2 aromatic rings. The molecule has 0 radical (unpaired) electrons. The van der Waals surface area contributed by atoms with Crippen LogP contribution in [0.25, 0.3) is 10.6 Å². The van der Waals surface area contributed by atoms with E-state index in [9.17, 15) is 9.59 Å². The Morgan fingerprint density at radius 2 is 1.70 bits per heavy atom. The summed E-state index contributed by atoms with van der Waals surface area (Å²) in [6.07, 6.45) is 1.36. The van der Waals surface area contributed by atoms with E-state index < -0.39 is 6.04 Å². The predicted molar refractivity (Wildman–Crippen MR) is 123 cm³/mol. The quantitative estimate of drug-likeness (QED) is 0.613. The SMILES string of the molecule is Cc1ccc(-c2nnc(NC(=O)[C@H](NC(=O)C[C@@H](C)CC(C)(C)C)C(C)C)s2)cc1. The van der Waals surface area contributed by atoms with Crippen molar-refractivity contribution < 1.29 is 9.59 Å². The minimum atomic E-state index is -0.619. The van der Waals surface area contributed by atoms with Gasteiger partial charge in [-0.3, -0.25) is 14.9 Å². The number of benzene rings is 1. The van der Waals surface area contributed by atoms with Gasteiger partial charge in [-0.2, -0.15) is 0 Å². The number of hydrogen-bond acceptors (Lipinski definition) is 5. The van der Waals surface area contributed by atoms with E-state index in [0.717, 1.165) is 17.0 Å². The Kier molecular flexibility index (Phi) is 8.12. The van der Waals surface area contributed by atoms with E-state index in [2.05, 4.69) is 48.5 Å². The summed E-state index contributed by atoms with van der Waals surface area (Å²) in [6.45, 7) is 14.4. The number of carbonyl (C=O) groups excluding carboxylic acids is 2. The van der Waals surface area contributed by atoms with Crippen molar-refractivity contribution in [3.63, 3.8) is 0 Å². The molecule has 0 saturated heterocycles. The number of carbonyl (C=O) groups is 2. The molecule has 2 atom stereocenters. The lowest BCUT2D eigenvalue weighted by Gasteiger charge is -2.25. The Morgan fingerprint density at radius 1 is 1.07 bits per heavy atom. The van der Waals surface area contributed by atoms with Crippen molar-refractivity contribution in [2.75, 3.05) is 5.32 Å². The fourth-order valence-electron chi connectivity index (χ4n) is 3.47. The third-order valence-electron chi connectivity index (χ3n) is 4.71. The average molecular weight is 431 g/mol. The van der Waals surface area contributed by atoms with Crippen molar-refractivity contribution in [3.05, 3.63) is 29.8 Å². The average Bonchev–Trinajstić information content (AvgIpc) is 3.06. The summed E-state index contributed by atoms with van der Waals surface area (Å²) < 4.78 is 0. The number of amides is 2. The highest BCUT2D eigenvalue weighted by molar-refractivity contribution is 7.18. The molecule has 7 heteroatoms. The van der Waals surface area contributed by atoms with Crippen LogP contribution in [-0.4, -0.2) is 28.1 Å². The summed E-state index contributed by atoms with van der Waals surface area (Å²) in [7, 11) is 0. The van der Waals surface area contributed by atoms with Crippen LogP contribution in [0.1, 0.15) is 59.9 Å². The highest BCUT2D eigenvalue weighted by Crippen LogP contribution is 2.27. The van der Waals surface area contributed by atoms with E-state index in [1.807, 2.05) is 45.0 Å². The van der Waals surface area contributed by atoms with Crippen molar-refractivity contribution in [2.45, 2.75) is 67.3 Å². The van der Waals surface area contributed by atoms with Crippen LogP contribution in [0.3, 0.4) is 0 Å². The van der Waals surface area contributed by atoms with Gasteiger partial charge in [0, 0.05) is 12.0 Å². The normalized spacial score (nSPS) is 13.7. The Hall–Kier alpha value is -2.28. The van der Waals surface area contributed by atoms with Crippen LogP contribution in [0.15, 0.2) is 24.3 Å². The van der Waals surface area contributed by atoms with Gasteiger partial charge in [0.2, 0.25) is 16.9 Å². The fourth-order valence-corrected chi connectivity index (χ4v) is 4.22. The van der Waals surface area contributed by atoms with Gasteiger partial charge >= 0.3 is 0 Å². The fraction of sp³-hybridized carbons (Fsp3) is 0.565. The van der Waals surface area contributed by atoms with Crippen molar-refractivity contribution in [3.8, 4) is 10.6 Å². The van der Waals surface area contributed by atoms with E-state index in [1.165, 1.54) is 16.9 Å². The maximum atomic E-state index is 12.8. The van der Waals surface area contributed by atoms with Crippen LogP contribution < -0.4 is 10.6 Å². The van der Waals surface area contributed by atoms with E-state index in [-0.39, 0.29) is 29.1 Å². The minimum absolute atomic E-state index is 0.0450. The zero-order valence-corrected chi connectivity index (χ0v) is 19.9. The number of nitrogens with one attached hydrogen (secondary N) is 2. The summed E-state index contributed by atoms with van der Waals surface area (Å²) in [5.74, 6) is -0.163. The summed E-state index contributed by atoms with van der Waals surface area (Å²) in [5.41, 5.74) is 2.30. The zero-order chi connectivity index (χ0) is 22.5. The molecule has 1 aromatic carbocycles. The highest BCUT2D eigenvalue weighted by atomic mass is 32.1. The topological polar surface area (TPSA) is 84.0 Å². The molecule has 0 aliphatic rings. The lowest BCUT2D eigenvalue weighted by Crippen LogP contribution is -2.47. The summed E-state index contributed by atoms with van der Waals surface area (Å²) in [6, 6.07) is 7.38. The first kappa shape index (κ1) is 24.0. The molecular weight excluding hydrogens is 396 g/mol. The number of nitrogens with zero attached hydrogens (tertiary/aromatic N) is 2. The maximum absolute atomic E-state index is 12.8. The van der Waals surface area contributed by atoms with Crippen LogP contribution in [-0.2, 0) is 9.59 Å². The second-order valence-corrected chi connectivity index (χ2v) is 10.6. The van der Waals surface area contributed by atoms with E-state index in [1.54, 1.807) is 0 Å². The van der Waals surface area contributed by atoms with Crippen LogP contribution in [0, 0.1) is 24.2 Å². The second-order valence-electron chi connectivity index (χ2n) is 9.63. The first-order valence-corrected chi connectivity index (χ1v) is 11.3. The summed E-state index contributed by atoms with van der Waals surface area (Å²) in [4.78, 5) is 25.3. The summed E-state index contributed by atoms with van der Waals surface area (Å²) in [5, 5.41) is 15.1. The van der Waals surface area contributed by atoms with E-state index in [0.29, 0.717) is 11.6 Å². The largest absolute Gasteiger partial charge is 0.344 e. The van der Waals surface area contributed by atoms with Gasteiger partial charge in [-0.05, 0) is 30.6 Å². The van der Waals surface area contributed by atoms with Crippen molar-refractivity contribution in [1.82, 2.24) is 15.5 Å². The van der Waals surface area contributed by atoms with Gasteiger partial charge in [0.05, 0.1) is 0 Å². The molecule has 2 rings (SSSR count). The molecule has 0 saturated carbocycles. The number of aryl methyl sites for hydroxylation is 1. The van der Waals surface area contributed by atoms with Crippen LogP contribution in [0.5, 0.6) is 0 Å². The molecule has 0 fully saturated rings. The second kappa shape index (κ2) is 10.2. The molecule has 6 nitrogen and oxygen atoms in total. The molecule has 164 valence electrons. The Balaban J connectivity index is 1.99.